The van der Waals surface area contributed by atoms with E-state index < -0.39 is 8.32 Å². The van der Waals surface area contributed by atoms with Crippen LogP contribution in [0.15, 0.2) is 77.7 Å². The predicted octanol–water partition coefficient (Wildman–Crippen LogP) is 7.05. The molecule has 0 bridgehead atoms. The lowest BCUT2D eigenvalue weighted by Gasteiger charge is -2.43. The smallest absolute Gasteiger partial charge is 0.261 e. The first-order valence-corrected chi connectivity index (χ1v) is 15.1. The van der Waals surface area contributed by atoms with E-state index in [9.17, 15) is 0 Å². The van der Waals surface area contributed by atoms with E-state index in [0.717, 1.165) is 10.5 Å². The summed E-state index contributed by atoms with van der Waals surface area (Å²) in [6.07, 6.45) is 0.715. The van der Waals surface area contributed by atoms with Gasteiger partial charge in [0.2, 0.25) is 0 Å². The molecule has 0 aromatic heterocycles. The van der Waals surface area contributed by atoms with Crippen LogP contribution in [-0.2, 0) is 10.8 Å². The molecule has 0 aliphatic rings. The molecule has 0 heterocycles. The van der Waals surface area contributed by atoms with Crippen LogP contribution in [0, 0.1) is 0 Å². The van der Waals surface area contributed by atoms with E-state index in [4.69, 9.17) is 39.8 Å². The fourth-order valence-electron chi connectivity index (χ4n) is 4.12. The number of thioether (sulfide) groups is 1. The van der Waals surface area contributed by atoms with E-state index in [1.807, 2.05) is 31.1 Å². The van der Waals surface area contributed by atoms with Crippen LogP contribution < -0.4 is 10.4 Å². The molecule has 0 atom stereocenters. The van der Waals surface area contributed by atoms with Crippen LogP contribution in [0.25, 0.3) is 0 Å². The Morgan fingerprint density at radius 1 is 0.912 bits per heavy atom. The van der Waals surface area contributed by atoms with Crippen LogP contribution >= 0.6 is 47.2 Å². The fourth-order valence-corrected chi connectivity index (χ4v) is 10.4. The highest BCUT2D eigenvalue weighted by atomic mass is 35.5. The highest BCUT2D eigenvalue weighted by Gasteiger charge is 2.49. The van der Waals surface area contributed by atoms with Crippen molar-refractivity contribution in [3.05, 3.63) is 88.4 Å². The Bertz CT molecular complexity index is 1060. The van der Waals surface area contributed by atoms with Gasteiger partial charge in [0.05, 0.1) is 14.9 Å². The van der Waals surface area contributed by atoms with E-state index in [2.05, 4.69) is 81.4 Å². The van der Waals surface area contributed by atoms with Crippen LogP contribution in [0.2, 0.25) is 15.1 Å². The van der Waals surface area contributed by atoms with E-state index in [-0.39, 0.29) is 5.04 Å². The topological polar surface area (TPSA) is 12.5 Å². The summed E-state index contributed by atoms with van der Waals surface area (Å²) in [5, 5.41) is 3.71. The Hall–Kier alpha value is -1.34. The molecule has 0 aliphatic heterocycles. The minimum Gasteiger partial charge on any atom is -0.407 e. The van der Waals surface area contributed by atoms with E-state index >= 15 is 0 Å². The number of rotatable bonds is 7. The molecule has 0 saturated heterocycles. The second-order valence-electron chi connectivity index (χ2n) is 9.41. The van der Waals surface area contributed by atoms with Crippen molar-refractivity contribution in [1.29, 1.82) is 0 Å². The van der Waals surface area contributed by atoms with Crippen molar-refractivity contribution in [2.24, 2.45) is 0 Å². The van der Waals surface area contributed by atoms with Crippen LogP contribution in [0.1, 0.15) is 26.3 Å². The first-order chi connectivity index (χ1) is 16.1. The fraction of sp³-hybridized carbons (Fsp3) is 0.296. The average molecular weight is 549 g/mol. The molecule has 3 rings (SSSR count). The summed E-state index contributed by atoms with van der Waals surface area (Å²) in [5.74, 6) is 0. The van der Waals surface area contributed by atoms with Gasteiger partial charge in [-0.1, -0.05) is 129 Å². The molecule has 0 radical (unpaired) electrons. The first kappa shape index (κ1) is 27.2. The molecule has 3 aromatic carbocycles. The Morgan fingerprint density at radius 2 is 1.38 bits per heavy atom. The third kappa shape index (κ3) is 6.07. The molecule has 180 valence electrons. The molecule has 7 heteroatoms. The van der Waals surface area contributed by atoms with Crippen molar-refractivity contribution < 1.29 is 4.43 Å². The van der Waals surface area contributed by atoms with Crippen LogP contribution in [0.3, 0.4) is 0 Å². The highest BCUT2D eigenvalue weighted by Crippen LogP contribution is 2.38. The number of hydrogen-bond donors (Lipinski definition) is 0. The lowest BCUT2D eigenvalue weighted by atomic mass is 10.2. The molecule has 0 saturated carbocycles. The molecule has 0 unspecified atom stereocenters. The minimum absolute atomic E-state index is 0.0621. The Morgan fingerprint density at radius 3 is 1.79 bits per heavy atom. The number of nitrogens with zero attached hydrogens (tertiary/aromatic N) is 1. The van der Waals surface area contributed by atoms with Gasteiger partial charge in [-0.15, -0.1) is 0 Å². The quantitative estimate of drug-likeness (QED) is 0.178. The Labute approximate surface area is 224 Å². The maximum absolute atomic E-state index is 7.00. The summed E-state index contributed by atoms with van der Waals surface area (Å²) >= 11 is 20.0. The van der Waals surface area contributed by atoms with Crippen molar-refractivity contribution >= 4 is 70.2 Å². The number of halogens is 2. The zero-order valence-electron chi connectivity index (χ0n) is 20.3. The molecule has 0 N–H and O–H groups in total. The summed E-state index contributed by atoms with van der Waals surface area (Å²) in [6.45, 7) is 7.42. The lowest BCUT2D eigenvalue weighted by Crippen LogP contribution is -2.66. The number of hydrogen-bond acceptors (Lipinski definition) is 3. The maximum atomic E-state index is 7.00. The van der Waals surface area contributed by atoms with E-state index in [1.54, 1.807) is 0 Å². The van der Waals surface area contributed by atoms with E-state index in [1.165, 1.54) is 22.1 Å². The highest BCUT2D eigenvalue weighted by molar-refractivity contribution is 8.23. The molecular weight excluding hydrogens is 517 g/mol. The molecule has 2 nitrogen and oxygen atoms in total. The van der Waals surface area contributed by atoms with Gasteiger partial charge in [-0.3, -0.25) is 0 Å². The minimum atomic E-state index is -2.57. The van der Waals surface area contributed by atoms with Gasteiger partial charge in [-0.25, -0.2) is 0 Å². The van der Waals surface area contributed by atoms with Crippen molar-refractivity contribution in [2.75, 3.05) is 20.7 Å². The van der Waals surface area contributed by atoms with Crippen LogP contribution in [0.5, 0.6) is 0 Å². The normalized spacial score (nSPS) is 12.0. The number of benzene rings is 3. The van der Waals surface area contributed by atoms with E-state index in [0.29, 0.717) is 27.4 Å². The zero-order chi connectivity index (χ0) is 24.9. The molecule has 0 aliphatic carbocycles. The molecule has 0 amide bonds. The molecule has 34 heavy (non-hydrogen) atoms. The van der Waals surface area contributed by atoms with Gasteiger partial charge in [-0.2, -0.15) is 0 Å². The van der Waals surface area contributed by atoms with Crippen molar-refractivity contribution in [1.82, 2.24) is 4.90 Å². The van der Waals surface area contributed by atoms with Gasteiger partial charge in [0.25, 0.3) is 8.32 Å². The number of thiocarbonyl (C=S) groups is 1. The Kier molecular flexibility index (Phi) is 9.29. The maximum Gasteiger partial charge on any atom is 0.261 e. The Balaban J connectivity index is 1.89. The molecule has 3 aromatic rings. The van der Waals surface area contributed by atoms with Crippen molar-refractivity contribution in [3.8, 4) is 0 Å². The standard InChI is InChI=1S/C27H31Cl2NOS2Si/c1-27(2,3)34(21-12-8-6-9-13-21,22-14-10-7-11-15-22)31-17-16-20-18-23(28)25(24(29)19-20)33-26(32)30(4)5/h6-15,18-19H,16-17H2,1-5H3. The third-order valence-electron chi connectivity index (χ3n) is 5.74. The third-order valence-corrected chi connectivity index (χ3v) is 13.4. The van der Waals surface area contributed by atoms with Crippen LogP contribution in [-0.4, -0.2) is 38.2 Å². The van der Waals surface area contributed by atoms with Gasteiger partial charge in [0.15, 0.2) is 0 Å². The second-order valence-corrected chi connectivity index (χ2v) is 16.2. The van der Waals surface area contributed by atoms with Gasteiger partial charge in [0.1, 0.15) is 4.32 Å². The summed E-state index contributed by atoms with van der Waals surface area (Å²) < 4.78 is 7.71. The van der Waals surface area contributed by atoms with Crippen molar-refractivity contribution in [2.45, 2.75) is 37.1 Å². The van der Waals surface area contributed by atoms with Crippen molar-refractivity contribution in [3.63, 3.8) is 0 Å². The summed E-state index contributed by atoms with van der Waals surface area (Å²) in [7, 11) is 1.25. The van der Waals surface area contributed by atoms with Gasteiger partial charge in [0, 0.05) is 20.7 Å². The first-order valence-electron chi connectivity index (χ1n) is 11.2. The summed E-state index contributed by atoms with van der Waals surface area (Å²) in [4.78, 5) is 2.66. The molecule has 0 spiro atoms. The van der Waals surface area contributed by atoms with Gasteiger partial charge < -0.3 is 9.33 Å². The summed E-state index contributed by atoms with van der Waals surface area (Å²) in [6, 6.07) is 25.3. The van der Waals surface area contributed by atoms with Gasteiger partial charge >= 0.3 is 0 Å². The lowest BCUT2D eigenvalue weighted by molar-refractivity contribution is 0.302. The predicted molar refractivity (Wildman–Crippen MR) is 156 cm³/mol. The second kappa shape index (κ2) is 11.6. The zero-order valence-corrected chi connectivity index (χ0v) is 24.4. The summed E-state index contributed by atoms with van der Waals surface area (Å²) in [5.41, 5.74) is 1.05. The molecule has 0 fully saturated rings. The largest absolute Gasteiger partial charge is 0.407 e. The van der Waals surface area contributed by atoms with Gasteiger partial charge in [-0.05, 0) is 39.5 Å². The molecular formula is C27H31Cl2NOS2Si. The SMILES string of the molecule is CN(C)C(=S)Sc1c(Cl)cc(CCO[Si](c2ccccc2)(c2ccccc2)C(C)(C)C)cc1Cl. The monoisotopic (exact) mass is 547 g/mol. The van der Waals surface area contributed by atoms with Crippen LogP contribution in [0.4, 0.5) is 0 Å². The average Bonchev–Trinajstić information content (AvgIpc) is 2.79.